The molecule has 0 unspecified atom stereocenters. The van der Waals surface area contributed by atoms with Crippen LogP contribution in [0.15, 0.2) is 168 Å². The Morgan fingerprint density at radius 1 is 0.423 bits per heavy atom. The number of rotatable bonds is 4. The molecular formula is C47H27N3OS. The van der Waals surface area contributed by atoms with Crippen LogP contribution in [0.2, 0.25) is 0 Å². The number of aromatic nitrogens is 3. The highest BCUT2D eigenvalue weighted by Gasteiger charge is 2.21. The summed E-state index contributed by atoms with van der Waals surface area (Å²) >= 11 is 1.81. The van der Waals surface area contributed by atoms with Crippen LogP contribution in [0.5, 0.6) is 0 Å². The lowest BCUT2D eigenvalue weighted by atomic mass is 9.95. The van der Waals surface area contributed by atoms with E-state index in [4.69, 9.17) is 19.4 Å². The molecule has 0 N–H and O–H groups in total. The molecule has 4 aromatic heterocycles. The van der Waals surface area contributed by atoms with Crippen LogP contribution < -0.4 is 0 Å². The number of furan rings is 1. The number of benzene rings is 7. The van der Waals surface area contributed by atoms with Crippen LogP contribution in [0.1, 0.15) is 0 Å². The number of nitrogens with zero attached hydrogens (tertiary/aromatic N) is 3. The van der Waals surface area contributed by atoms with Crippen molar-refractivity contribution in [3.63, 3.8) is 0 Å². The van der Waals surface area contributed by atoms with E-state index in [0.29, 0.717) is 5.82 Å². The maximum absolute atomic E-state index is 6.84. The van der Waals surface area contributed by atoms with E-state index in [1.165, 1.54) is 20.2 Å². The molecule has 0 fully saturated rings. The van der Waals surface area contributed by atoms with Crippen LogP contribution in [0.3, 0.4) is 0 Å². The van der Waals surface area contributed by atoms with Gasteiger partial charge in [0.25, 0.3) is 0 Å². The molecule has 0 spiro atoms. The molecule has 0 amide bonds. The quantitative estimate of drug-likeness (QED) is 0.174. The van der Waals surface area contributed by atoms with E-state index in [0.717, 1.165) is 82.9 Å². The Labute approximate surface area is 302 Å². The maximum Gasteiger partial charge on any atom is 0.160 e. The van der Waals surface area contributed by atoms with E-state index in [9.17, 15) is 0 Å². The van der Waals surface area contributed by atoms with Crippen molar-refractivity contribution in [2.45, 2.75) is 0 Å². The van der Waals surface area contributed by atoms with Crippen molar-refractivity contribution in [1.82, 2.24) is 15.0 Å². The van der Waals surface area contributed by atoms with Crippen LogP contribution in [0, 0.1) is 0 Å². The zero-order valence-electron chi connectivity index (χ0n) is 27.7. The third-order valence-electron chi connectivity index (χ3n) is 10.1. The summed E-state index contributed by atoms with van der Waals surface area (Å²) < 4.78 is 9.37. The molecule has 4 nitrogen and oxygen atoms in total. The zero-order valence-corrected chi connectivity index (χ0v) is 28.6. The fraction of sp³-hybridized carbons (Fsp3) is 0. The molecule has 0 aliphatic rings. The molecular weight excluding hydrogens is 655 g/mol. The smallest absolute Gasteiger partial charge is 0.160 e. The summed E-state index contributed by atoms with van der Waals surface area (Å²) in [5.74, 6) is 0.674. The van der Waals surface area contributed by atoms with Crippen molar-refractivity contribution in [3.05, 3.63) is 164 Å². The van der Waals surface area contributed by atoms with Crippen LogP contribution >= 0.6 is 11.3 Å². The van der Waals surface area contributed by atoms with Crippen molar-refractivity contribution >= 4 is 75.1 Å². The van der Waals surface area contributed by atoms with Crippen molar-refractivity contribution in [1.29, 1.82) is 0 Å². The summed E-state index contributed by atoms with van der Waals surface area (Å²) in [7, 11) is 0. The third-order valence-corrected chi connectivity index (χ3v) is 11.2. The standard InChI is InChI=1S/C47H27N3OS/c1-3-12-28(13-4-1)45-35-24-25-40-44(43(35)33-17-7-9-20-37(33)48-45)36-19-11-18-34(46(36)51-40)39-27-38(49-47(50-39)29-14-5-2-6-15-29)30-22-23-32-31-16-8-10-21-41(31)52-42(32)26-30/h1-27H. The predicted molar refractivity (Wildman–Crippen MR) is 217 cm³/mol. The molecule has 11 aromatic rings. The second-order valence-electron chi connectivity index (χ2n) is 13.1. The molecule has 0 bridgehead atoms. The van der Waals surface area contributed by atoms with Gasteiger partial charge >= 0.3 is 0 Å². The molecule has 0 aliphatic carbocycles. The zero-order chi connectivity index (χ0) is 34.2. The monoisotopic (exact) mass is 681 g/mol. The lowest BCUT2D eigenvalue weighted by Gasteiger charge is -2.11. The summed E-state index contributed by atoms with van der Waals surface area (Å²) in [5.41, 5.74) is 9.25. The highest BCUT2D eigenvalue weighted by molar-refractivity contribution is 7.25. The molecule has 52 heavy (non-hydrogen) atoms. The van der Waals surface area contributed by atoms with Gasteiger partial charge in [0.2, 0.25) is 0 Å². The minimum atomic E-state index is 0.674. The van der Waals surface area contributed by atoms with Crippen LogP contribution in [-0.4, -0.2) is 15.0 Å². The van der Waals surface area contributed by atoms with Crippen LogP contribution in [0.4, 0.5) is 0 Å². The molecule has 4 heterocycles. The van der Waals surface area contributed by atoms with Crippen molar-refractivity contribution < 1.29 is 4.42 Å². The predicted octanol–water partition coefficient (Wildman–Crippen LogP) is 13.1. The van der Waals surface area contributed by atoms with Gasteiger partial charge in [-0.25, -0.2) is 15.0 Å². The molecule has 11 rings (SSSR count). The van der Waals surface area contributed by atoms with Gasteiger partial charge in [0.1, 0.15) is 11.2 Å². The van der Waals surface area contributed by atoms with Crippen LogP contribution in [0.25, 0.3) is 109 Å². The third kappa shape index (κ3) is 4.50. The van der Waals surface area contributed by atoms with E-state index >= 15 is 0 Å². The van der Waals surface area contributed by atoms with Gasteiger partial charge in [-0.15, -0.1) is 11.3 Å². The normalized spacial score (nSPS) is 11.8. The van der Waals surface area contributed by atoms with E-state index in [-0.39, 0.29) is 0 Å². The van der Waals surface area contributed by atoms with E-state index in [1.807, 2.05) is 35.6 Å². The van der Waals surface area contributed by atoms with E-state index < -0.39 is 0 Å². The SMILES string of the molecule is c1ccc(-c2nc(-c3ccc4c(c3)sc3ccccc34)cc(-c3cccc4c3oc3ccc5c(-c6ccccc6)nc6ccccc6c5c34)n2)cc1. The first-order valence-electron chi connectivity index (χ1n) is 17.4. The summed E-state index contributed by atoms with van der Waals surface area (Å²) in [4.78, 5) is 15.5. The molecule has 7 aromatic carbocycles. The molecule has 0 saturated carbocycles. The van der Waals surface area contributed by atoms with Crippen molar-refractivity contribution in [2.75, 3.05) is 0 Å². The Morgan fingerprint density at radius 3 is 1.98 bits per heavy atom. The summed E-state index contributed by atoms with van der Waals surface area (Å²) in [6.07, 6.45) is 0. The highest BCUT2D eigenvalue weighted by Crippen LogP contribution is 2.44. The van der Waals surface area contributed by atoms with Gasteiger partial charge in [0.15, 0.2) is 5.82 Å². The Bertz CT molecular complexity index is 3180. The highest BCUT2D eigenvalue weighted by atomic mass is 32.1. The lowest BCUT2D eigenvalue weighted by molar-refractivity contribution is 0.670. The number of para-hydroxylation sites is 2. The van der Waals surface area contributed by atoms with Gasteiger partial charge in [-0.3, -0.25) is 0 Å². The van der Waals surface area contributed by atoms with Gasteiger partial charge in [0.05, 0.1) is 22.6 Å². The average molecular weight is 682 g/mol. The van der Waals surface area contributed by atoms with Gasteiger partial charge in [-0.1, -0.05) is 121 Å². The summed E-state index contributed by atoms with van der Waals surface area (Å²) in [5, 5.41) is 8.01. The molecule has 0 saturated heterocycles. The van der Waals surface area contributed by atoms with E-state index in [2.05, 4.69) is 140 Å². The fourth-order valence-corrected chi connectivity index (χ4v) is 8.83. The number of pyridine rings is 1. The topological polar surface area (TPSA) is 51.8 Å². The summed E-state index contributed by atoms with van der Waals surface area (Å²) in [6, 6.07) is 57.0. The van der Waals surface area contributed by atoms with Crippen molar-refractivity contribution in [3.8, 4) is 45.2 Å². The number of hydrogen-bond acceptors (Lipinski definition) is 5. The minimum Gasteiger partial charge on any atom is -0.455 e. The Kier molecular flexibility index (Phi) is 6.39. The van der Waals surface area contributed by atoms with Crippen molar-refractivity contribution in [2.24, 2.45) is 0 Å². The Hall–Kier alpha value is -6.69. The Balaban J connectivity index is 1.17. The maximum atomic E-state index is 6.84. The van der Waals surface area contributed by atoms with E-state index in [1.54, 1.807) is 0 Å². The van der Waals surface area contributed by atoms with Crippen LogP contribution in [-0.2, 0) is 0 Å². The largest absolute Gasteiger partial charge is 0.455 e. The molecule has 0 atom stereocenters. The second-order valence-corrected chi connectivity index (χ2v) is 14.2. The number of thiophene rings is 1. The Morgan fingerprint density at radius 2 is 1.12 bits per heavy atom. The minimum absolute atomic E-state index is 0.674. The second kappa shape index (κ2) is 11.4. The van der Waals surface area contributed by atoms with Gasteiger partial charge in [-0.2, -0.15) is 0 Å². The van der Waals surface area contributed by atoms with Gasteiger partial charge < -0.3 is 4.42 Å². The fourth-order valence-electron chi connectivity index (χ4n) is 7.68. The molecule has 0 radical (unpaired) electrons. The lowest BCUT2D eigenvalue weighted by Crippen LogP contribution is -1.96. The van der Waals surface area contributed by atoms with Gasteiger partial charge in [-0.05, 0) is 42.5 Å². The first kappa shape index (κ1) is 29.1. The molecule has 0 aliphatic heterocycles. The summed E-state index contributed by atoms with van der Waals surface area (Å²) in [6.45, 7) is 0. The van der Waals surface area contributed by atoms with Gasteiger partial charge in [0, 0.05) is 69.4 Å². The average Bonchev–Trinajstić information content (AvgIpc) is 3.79. The first-order valence-corrected chi connectivity index (χ1v) is 18.2. The molecule has 5 heteroatoms. The molecule has 242 valence electrons. The first-order chi connectivity index (χ1) is 25.8. The number of fused-ring (bicyclic) bond motifs is 10. The number of hydrogen-bond donors (Lipinski definition) is 0.